The van der Waals surface area contributed by atoms with Gasteiger partial charge in [0, 0.05) is 6.04 Å². The Hall–Kier alpha value is -1.08. The summed E-state index contributed by atoms with van der Waals surface area (Å²) in [7, 11) is 0. The average molecular weight is 245 g/mol. The van der Waals surface area contributed by atoms with Gasteiger partial charge in [-0.15, -0.1) is 0 Å². The standard InChI is InChI=1S/C17H27N/c1-7-12(3)11-16(18-8-2)17-14(5)9-13(4)10-15(17)6/h9-10,16,18H,3,7-8,11H2,1-2,4-6H3. The predicted molar refractivity (Wildman–Crippen MR) is 81.1 cm³/mol. The number of nitrogens with one attached hydrogen (secondary N) is 1. The van der Waals surface area contributed by atoms with Crippen LogP contribution in [0.25, 0.3) is 0 Å². The van der Waals surface area contributed by atoms with Gasteiger partial charge in [-0.3, -0.25) is 0 Å². The Morgan fingerprint density at radius 1 is 1.17 bits per heavy atom. The van der Waals surface area contributed by atoms with E-state index in [4.69, 9.17) is 0 Å². The first-order valence-electron chi connectivity index (χ1n) is 6.97. The van der Waals surface area contributed by atoms with E-state index in [2.05, 4.69) is 58.6 Å². The molecule has 1 aromatic rings. The lowest BCUT2D eigenvalue weighted by atomic mass is 9.90. The fourth-order valence-electron chi connectivity index (χ4n) is 2.70. The van der Waals surface area contributed by atoms with Crippen LogP contribution in [0.5, 0.6) is 0 Å². The highest BCUT2D eigenvalue weighted by molar-refractivity contribution is 5.40. The minimum Gasteiger partial charge on any atom is -0.310 e. The largest absolute Gasteiger partial charge is 0.310 e. The Kier molecular flexibility index (Phi) is 5.61. The third kappa shape index (κ3) is 3.71. The fraction of sp³-hybridized carbons (Fsp3) is 0.529. The molecule has 0 spiro atoms. The molecule has 100 valence electrons. The fourth-order valence-corrected chi connectivity index (χ4v) is 2.70. The molecule has 0 heterocycles. The first-order valence-corrected chi connectivity index (χ1v) is 6.97. The molecule has 0 saturated heterocycles. The molecule has 1 aromatic carbocycles. The summed E-state index contributed by atoms with van der Waals surface area (Å²) in [4.78, 5) is 0. The summed E-state index contributed by atoms with van der Waals surface area (Å²) in [6, 6.07) is 4.96. The van der Waals surface area contributed by atoms with Crippen molar-refractivity contribution in [3.8, 4) is 0 Å². The Balaban J connectivity index is 3.09. The molecule has 1 nitrogen and oxygen atoms in total. The summed E-state index contributed by atoms with van der Waals surface area (Å²) >= 11 is 0. The molecule has 0 aliphatic heterocycles. The van der Waals surface area contributed by atoms with E-state index in [9.17, 15) is 0 Å². The molecule has 0 saturated carbocycles. The number of aryl methyl sites for hydroxylation is 3. The van der Waals surface area contributed by atoms with E-state index in [0.29, 0.717) is 6.04 Å². The van der Waals surface area contributed by atoms with Gasteiger partial charge in [-0.25, -0.2) is 0 Å². The van der Waals surface area contributed by atoms with Crippen molar-refractivity contribution >= 4 is 0 Å². The van der Waals surface area contributed by atoms with Crippen molar-refractivity contribution in [2.75, 3.05) is 6.54 Å². The van der Waals surface area contributed by atoms with Crippen molar-refractivity contribution in [1.82, 2.24) is 5.32 Å². The minimum absolute atomic E-state index is 0.406. The second-order valence-corrected chi connectivity index (χ2v) is 5.23. The van der Waals surface area contributed by atoms with Gasteiger partial charge in [0.2, 0.25) is 0 Å². The molecule has 1 heteroatoms. The first kappa shape index (κ1) is 15.0. The minimum atomic E-state index is 0.406. The zero-order chi connectivity index (χ0) is 13.7. The maximum Gasteiger partial charge on any atom is 0.0362 e. The van der Waals surface area contributed by atoms with Gasteiger partial charge in [0.25, 0.3) is 0 Å². The van der Waals surface area contributed by atoms with Crippen molar-refractivity contribution in [2.45, 2.75) is 53.5 Å². The van der Waals surface area contributed by atoms with Crippen LogP contribution in [0, 0.1) is 20.8 Å². The van der Waals surface area contributed by atoms with Crippen molar-refractivity contribution in [3.05, 3.63) is 46.5 Å². The highest BCUT2D eigenvalue weighted by atomic mass is 14.9. The van der Waals surface area contributed by atoms with Gasteiger partial charge >= 0.3 is 0 Å². The summed E-state index contributed by atoms with van der Waals surface area (Å²) in [6.45, 7) is 16.1. The van der Waals surface area contributed by atoms with Crippen molar-refractivity contribution in [1.29, 1.82) is 0 Å². The molecular formula is C17H27N. The van der Waals surface area contributed by atoms with Crippen LogP contribution in [-0.4, -0.2) is 6.54 Å². The molecule has 1 atom stereocenters. The van der Waals surface area contributed by atoms with E-state index in [1.54, 1.807) is 0 Å². The van der Waals surface area contributed by atoms with Gasteiger partial charge in [-0.2, -0.15) is 0 Å². The Morgan fingerprint density at radius 2 is 1.72 bits per heavy atom. The Labute approximate surface area is 112 Å². The van der Waals surface area contributed by atoms with Gasteiger partial charge in [-0.1, -0.05) is 43.7 Å². The van der Waals surface area contributed by atoms with Crippen molar-refractivity contribution in [3.63, 3.8) is 0 Å². The molecule has 0 aliphatic rings. The van der Waals surface area contributed by atoms with E-state index in [0.717, 1.165) is 19.4 Å². The van der Waals surface area contributed by atoms with Crippen LogP contribution in [0.1, 0.15) is 55.0 Å². The second-order valence-electron chi connectivity index (χ2n) is 5.23. The van der Waals surface area contributed by atoms with Gasteiger partial charge in [0.15, 0.2) is 0 Å². The van der Waals surface area contributed by atoms with Gasteiger partial charge in [-0.05, 0) is 56.8 Å². The molecule has 1 N–H and O–H groups in total. The number of benzene rings is 1. The molecule has 0 aliphatic carbocycles. The molecule has 0 radical (unpaired) electrons. The first-order chi connectivity index (χ1) is 8.49. The predicted octanol–water partition coefficient (Wildman–Crippen LogP) is 4.62. The van der Waals surface area contributed by atoms with Gasteiger partial charge in [0.05, 0.1) is 0 Å². The normalized spacial score (nSPS) is 12.5. The SMILES string of the molecule is C=C(CC)CC(NCC)c1c(C)cc(C)cc1C. The van der Waals surface area contributed by atoms with E-state index >= 15 is 0 Å². The van der Waals surface area contributed by atoms with Crippen LogP contribution >= 0.6 is 0 Å². The summed E-state index contributed by atoms with van der Waals surface area (Å²) in [5.41, 5.74) is 6.90. The Morgan fingerprint density at radius 3 is 2.17 bits per heavy atom. The number of hydrogen-bond donors (Lipinski definition) is 1. The van der Waals surface area contributed by atoms with Crippen LogP contribution in [-0.2, 0) is 0 Å². The lowest BCUT2D eigenvalue weighted by Crippen LogP contribution is -2.23. The summed E-state index contributed by atoms with van der Waals surface area (Å²) < 4.78 is 0. The van der Waals surface area contributed by atoms with E-state index in [-0.39, 0.29) is 0 Å². The molecule has 0 bridgehead atoms. The maximum atomic E-state index is 4.16. The zero-order valence-corrected chi connectivity index (χ0v) is 12.6. The molecule has 1 unspecified atom stereocenters. The Bertz CT molecular complexity index is 395. The van der Waals surface area contributed by atoms with Crippen LogP contribution < -0.4 is 5.32 Å². The third-order valence-corrected chi connectivity index (χ3v) is 3.53. The molecule has 0 aromatic heterocycles. The summed E-state index contributed by atoms with van der Waals surface area (Å²) in [6.07, 6.45) is 2.10. The van der Waals surface area contributed by atoms with Gasteiger partial charge in [0.1, 0.15) is 0 Å². The second kappa shape index (κ2) is 6.75. The van der Waals surface area contributed by atoms with E-state index in [1.165, 1.54) is 27.8 Å². The average Bonchev–Trinajstić information content (AvgIpc) is 2.27. The highest BCUT2D eigenvalue weighted by Crippen LogP contribution is 2.28. The molecule has 1 rings (SSSR count). The van der Waals surface area contributed by atoms with Crippen molar-refractivity contribution < 1.29 is 0 Å². The van der Waals surface area contributed by atoms with Crippen LogP contribution in [0.4, 0.5) is 0 Å². The van der Waals surface area contributed by atoms with Crippen LogP contribution in [0.15, 0.2) is 24.3 Å². The van der Waals surface area contributed by atoms with Crippen LogP contribution in [0.3, 0.4) is 0 Å². The molecule has 0 amide bonds. The number of hydrogen-bond acceptors (Lipinski definition) is 1. The van der Waals surface area contributed by atoms with E-state index < -0.39 is 0 Å². The smallest absolute Gasteiger partial charge is 0.0362 e. The topological polar surface area (TPSA) is 12.0 Å². The summed E-state index contributed by atoms with van der Waals surface area (Å²) in [5.74, 6) is 0. The lowest BCUT2D eigenvalue weighted by Gasteiger charge is -2.24. The highest BCUT2D eigenvalue weighted by Gasteiger charge is 2.16. The monoisotopic (exact) mass is 245 g/mol. The number of rotatable bonds is 6. The molecule has 0 fully saturated rings. The van der Waals surface area contributed by atoms with Gasteiger partial charge < -0.3 is 5.32 Å². The van der Waals surface area contributed by atoms with Crippen molar-refractivity contribution in [2.24, 2.45) is 0 Å². The molecular weight excluding hydrogens is 218 g/mol. The van der Waals surface area contributed by atoms with E-state index in [1.807, 2.05) is 0 Å². The lowest BCUT2D eigenvalue weighted by molar-refractivity contribution is 0.538. The van der Waals surface area contributed by atoms with Crippen LogP contribution in [0.2, 0.25) is 0 Å². The quantitative estimate of drug-likeness (QED) is 0.721. The zero-order valence-electron chi connectivity index (χ0n) is 12.6. The summed E-state index contributed by atoms with van der Waals surface area (Å²) in [5, 5.41) is 3.60. The maximum absolute atomic E-state index is 4.16. The molecule has 18 heavy (non-hydrogen) atoms. The third-order valence-electron chi connectivity index (χ3n) is 3.53.